The van der Waals surface area contributed by atoms with E-state index in [1.165, 1.54) is 0 Å². The molecular formula is C22H23N7O2. The second-order valence-electron chi connectivity index (χ2n) is 7.67. The summed E-state index contributed by atoms with van der Waals surface area (Å²) in [6, 6.07) is 11.3. The van der Waals surface area contributed by atoms with Gasteiger partial charge in [-0.25, -0.2) is 9.50 Å². The number of hydrogen-bond donors (Lipinski definition) is 2. The fraction of sp³-hybridized carbons (Fsp3) is 0.273. The van der Waals surface area contributed by atoms with Gasteiger partial charge in [-0.1, -0.05) is 12.1 Å². The minimum Gasteiger partial charge on any atom is -0.394 e. The number of benzene rings is 1. The van der Waals surface area contributed by atoms with Gasteiger partial charge in [0.1, 0.15) is 17.7 Å². The second-order valence-corrected chi connectivity index (χ2v) is 7.67. The van der Waals surface area contributed by atoms with Crippen LogP contribution in [0.4, 0.5) is 17.6 Å². The first-order valence-corrected chi connectivity index (χ1v) is 10.3. The Hall–Kier alpha value is -3.72. The highest BCUT2D eigenvalue weighted by atomic mass is 16.3. The summed E-state index contributed by atoms with van der Waals surface area (Å²) in [5, 5.41) is 17.6. The maximum Gasteiger partial charge on any atom is 0.245 e. The highest BCUT2D eigenvalue weighted by molar-refractivity contribution is 5.94. The Labute approximate surface area is 179 Å². The Morgan fingerprint density at radius 3 is 3.03 bits per heavy atom. The molecular weight excluding hydrogens is 394 g/mol. The fourth-order valence-corrected chi connectivity index (χ4v) is 3.96. The number of imidazole rings is 1. The number of rotatable bonds is 6. The van der Waals surface area contributed by atoms with Crippen LogP contribution >= 0.6 is 0 Å². The van der Waals surface area contributed by atoms with E-state index in [2.05, 4.69) is 20.3 Å². The lowest BCUT2D eigenvalue weighted by atomic mass is 10.1. The van der Waals surface area contributed by atoms with Gasteiger partial charge in [-0.3, -0.25) is 4.79 Å². The number of nitrogens with one attached hydrogen (secondary N) is 1. The number of aliphatic hydroxyl groups is 1. The van der Waals surface area contributed by atoms with Crippen molar-refractivity contribution in [1.29, 1.82) is 0 Å². The molecule has 1 aliphatic heterocycles. The van der Waals surface area contributed by atoms with Gasteiger partial charge >= 0.3 is 0 Å². The Kier molecular flexibility index (Phi) is 4.87. The number of carbonyl (C=O) groups is 1. The predicted octanol–water partition coefficient (Wildman–Crippen LogP) is 2.82. The lowest BCUT2D eigenvalue weighted by Gasteiger charge is -2.23. The first kappa shape index (κ1) is 19.3. The van der Waals surface area contributed by atoms with Crippen molar-refractivity contribution in [3.8, 4) is 5.69 Å². The van der Waals surface area contributed by atoms with E-state index in [0.717, 1.165) is 30.6 Å². The number of fused-ring (bicyclic) bond motifs is 1. The van der Waals surface area contributed by atoms with Gasteiger partial charge < -0.3 is 19.9 Å². The van der Waals surface area contributed by atoms with Gasteiger partial charge in [0.15, 0.2) is 11.6 Å². The molecule has 1 aliphatic rings. The summed E-state index contributed by atoms with van der Waals surface area (Å²) in [6.45, 7) is 2.45. The van der Waals surface area contributed by atoms with Gasteiger partial charge in [-0.05, 0) is 44.0 Å². The number of aromatic nitrogens is 5. The molecule has 0 spiro atoms. The molecule has 9 nitrogen and oxygen atoms in total. The van der Waals surface area contributed by atoms with E-state index in [0.29, 0.717) is 23.1 Å². The van der Waals surface area contributed by atoms with Crippen molar-refractivity contribution in [2.24, 2.45) is 0 Å². The Morgan fingerprint density at radius 2 is 2.19 bits per heavy atom. The van der Waals surface area contributed by atoms with Gasteiger partial charge in [-0.2, -0.15) is 4.98 Å². The largest absolute Gasteiger partial charge is 0.394 e. The molecule has 9 heteroatoms. The Bertz CT molecular complexity index is 1250. The lowest BCUT2D eigenvalue weighted by molar-refractivity contribution is 0.101. The maximum absolute atomic E-state index is 11.7. The van der Waals surface area contributed by atoms with E-state index in [1.54, 1.807) is 23.8 Å². The average Bonchev–Trinajstić information content (AvgIpc) is 3.53. The number of ketones is 1. The molecule has 4 aromatic rings. The Morgan fingerprint density at radius 1 is 1.29 bits per heavy atom. The minimum atomic E-state index is 0.0209. The average molecular weight is 417 g/mol. The van der Waals surface area contributed by atoms with E-state index < -0.39 is 0 Å². The van der Waals surface area contributed by atoms with Crippen LogP contribution in [0.5, 0.6) is 0 Å². The molecule has 1 saturated heterocycles. The summed E-state index contributed by atoms with van der Waals surface area (Å²) in [5.74, 6) is 1.87. The third kappa shape index (κ3) is 3.64. The van der Waals surface area contributed by atoms with Gasteiger partial charge in [0.05, 0.1) is 18.8 Å². The lowest BCUT2D eigenvalue weighted by Crippen LogP contribution is -2.34. The summed E-state index contributed by atoms with van der Waals surface area (Å²) in [5.41, 5.74) is 2.34. The molecule has 0 saturated carbocycles. The first-order chi connectivity index (χ1) is 15.1. The van der Waals surface area contributed by atoms with Crippen LogP contribution in [-0.4, -0.2) is 54.2 Å². The van der Waals surface area contributed by atoms with Crippen LogP contribution in [0, 0.1) is 0 Å². The molecule has 3 aromatic heterocycles. The molecule has 0 radical (unpaired) electrons. The number of nitrogens with zero attached hydrogens (tertiary/aromatic N) is 6. The van der Waals surface area contributed by atoms with Crippen LogP contribution in [-0.2, 0) is 0 Å². The maximum atomic E-state index is 11.7. The van der Waals surface area contributed by atoms with Gasteiger partial charge in [0, 0.05) is 24.0 Å². The zero-order chi connectivity index (χ0) is 21.4. The van der Waals surface area contributed by atoms with Crippen molar-refractivity contribution in [3.63, 3.8) is 0 Å². The summed E-state index contributed by atoms with van der Waals surface area (Å²) < 4.78 is 3.64. The van der Waals surface area contributed by atoms with Crippen molar-refractivity contribution in [3.05, 3.63) is 60.7 Å². The molecule has 1 fully saturated rings. The molecule has 2 N–H and O–H groups in total. The zero-order valence-electron chi connectivity index (χ0n) is 17.1. The van der Waals surface area contributed by atoms with Crippen molar-refractivity contribution in [1.82, 2.24) is 24.1 Å². The van der Waals surface area contributed by atoms with Crippen molar-refractivity contribution in [2.45, 2.75) is 25.8 Å². The number of aliphatic hydroxyl groups excluding tert-OH is 1. The van der Waals surface area contributed by atoms with Crippen LogP contribution in [0.3, 0.4) is 0 Å². The van der Waals surface area contributed by atoms with Gasteiger partial charge in [-0.15, -0.1) is 5.10 Å². The quantitative estimate of drug-likeness (QED) is 0.465. The number of carbonyl (C=O) groups excluding carboxylic acids is 1. The molecule has 0 amide bonds. The summed E-state index contributed by atoms with van der Waals surface area (Å²) in [6.07, 6.45) is 7.36. The summed E-state index contributed by atoms with van der Waals surface area (Å²) in [7, 11) is 0. The Balaban J connectivity index is 1.47. The van der Waals surface area contributed by atoms with Crippen LogP contribution in [0.15, 0.2) is 55.1 Å². The topological polar surface area (TPSA) is 101 Å². The van der Waals surface area contributed by atoms with Crippen LogP contribution < -0.4 is 10.2 Å². The molecule has 158 valence electrons. The molecule has 0 unspecified atom stereocenters. The van der Waals surface area contributed by atoms with E-state index >= 15 is 0 Å². The van der Waals surface area contributed by atoms with Gasteiger partial charge in [0.2, 0.25) is 5.95 Å². The van der Waals surface area contributed by atoms with Crippen molar-refractivity contribution in [2.75, 3.05) is 23.4 Å². The first-order valence-electron chi connectivity index (χ1n) is 10.3. The summed E-state index contributed by atoms with van der Waals surface area (Å²) in [4.78, 5) is 22.9. The smallest absolute Gasteiger partial charge is 0.245 e. The second kappa shape index (κ2) is 7.84. The highest BCUT2D eigenvalue weighted by Crippen LogP contribution is 2.26. The fourth-order valence-electron chi connectivity index (χ4n) is 3.96. The molecule has 5 rings (SSSR count). The monoisotopic (exact) mass is 417 g/mol. The minimum absolute atomic E-state index is 0.0209. The van der Waals surface area contributed by atoms with Crippen LogP contribution in [0.2, 0.25) is 0 Å². The molecule has 31 heavy (non-hydrogen) atoms. The standard InChI is InChI=1S/C22H23N7O2/c1-15(31)16-5-2-6-17(11-16)27-12-20(23-14-27)24-21-19-8-4-10-29(19)26-22(25-21)28-9-3-7-18(28)13-30/h2,4-6,8,10-12,14,18,30H,3,7,9,13H2,1H3,(H,24,25,26)/t18-/m0/s1. The third-order valence-corrected chi connectivity index (χ3v) is 5.60. The van der Waals surface area contributed by atoms with Crippen molar-refractivity contribution >= 4 is 28.9 Å². The number of anilines is 3. The molecule has 4 heterocycles. The van der Waals surface area contributed by atoms with E-state index in [1.807, 2.05) is 47.3 Å². The van der Waals surface area contributed by atoms with E-state index in [4.69, 9.17) is 4.98 Å². The molecule has 1 aromatic carbocycles. The van der Waals surface area contributed by atoms with Gasteiger partial charge in [0.25, 0.3) is 0 Å². The SMILES string of the molecule is CC(=O)c1cccc(-n2cnc(Nc3nc(N4CCC[C@H]4CO)nn4cccc34)c2)c1. The number of Topliss-reactive ketones (excluding diaryl/α,β-unsaturated/α-hetero) is 1. The van der Waals surface area contributed by atoms with E-state index in [-0.39, 0.29) is 18.4 Å². The molecule has 0 bridgehead atoms. The predicted molar refractivity (Wildman–Crippen MR) is 117 cm³/mol. The normalized spacial score (nSPS) is 16.2. The third-order valence-electron chi connectivity index (χ3n) is 5.60. The molecule has 1 atom stereocenters. The zero-order valence-corrected chi connectivity index (χ0v) is 17.1. The van der Waals surface area contributed by atoms with Crippen molar-refractivity contribution < 1.29 is 9.90 Å². The molecule has 0 aliphatic carbocycles. The number of hydrogen-bond acceptors (Lipinski definition) is 7. The summed E-state index contributed by atoms with van der Waals surface area (Å²) >= 11 is 0. The highest BCUT2D eigenvalue weighted by Gasteiger charge is 2.27. The van der Waals surface area contributed by atoms with E-state index in [9.17, 15) is 9.90 Å². The van der Waals surface area contributed by atoms with Crippen LogP contribution in [0.1, 0.15) is 30.1 Å². The van der Waals surface area contributed by atoms with Crippen LogP contribution in [0.25, 0.3) is 11.2 Å².